The fraction of sp³-hybridized carbons (Fsp3) is 0.105. The Balaban J connectivity index is 1.07. The van der Waals surface area contributed by atoms with Crippen LogP contribution in [0.1, 0.15) is 49.9 Å². The van der Waals surface area contributed by atoms with Crippen molar-refractivity contribution in [2.24, 2.45) is 0 Å². The SMILES string of the molecule is CC1(C)c2ccccc2-c2cc3c4c(-c5ccc6c(c5)C(C)(C)c5cccc(-c7nc(-c8ccccc8)nc(-c8ccccc8)n7)c5-6)cccc4n(-c4ccccc4)c3cc21. The number of nitrogens with zero attached hydrogens (tertiary/aromatic N) is 4. The first-order valence-corrected chi connectivity index (χ1v) is 21.2. The summed E-state index contributed by atoms with van der Waals surface area (Å²) in [5.41, 5.74) is 19.0. The summed E-state index contributed by atoms with van der Waals surface area (Å²) >= 11 is 0. The molecule has 0 aliphatic heterocycles. The second-order valence-electron chi connectivity index (χ2n) is 17.6. The molecule has 0 saturated carbocycles. The first kappa shape index (κ1) is 35.5. The van der Waals surface area contributed by atoms with Gasteiger partial charge in [-0.3, -0.25) is 0 Å². The molecule has 2 aromatic heterocycles. The Labute approximate surface area is 355 Å². The lowest BCUT2D eigenvalue weighted by Gasteiger charge is -2.22. The van der Waals surface area contributed by atoms with Gasteiger partial charge in [-0.2, -0.15) is 0 Å². The van der Waals surface area contributed by atoms with E-state index in [0.717, 1.165) is 22.4 Å². The van der Waals surface area contributed by atoms with E-state index in [2.05, 4.69) is 178 Å². The highest BCUT2D eigenvalue weighted by molar-refractivity contribution is 6.17. The van der Waals surface area contributed by atoms with Gasteiger partial charge in [-0.1, -0.05) is 173 Å². The topological polar surface area (TPSA) is 43.6 Å². The molecular formula is C57H42N4. The van der Waals surface area contributed by atoms with Crippen LogP contribution >= 0.6 is 0 Å². The van der Waals surface area contributed by atoms with E-state index in [-0.39, 0.29) is 10.8 Å². The predicted octanol–water partition coefficient (Wildman–Crippen LogP) is 14.2. The van der Waals surface area contributed by atoms with Crippen LogP contribution in [0.4, 0.5) is 0 Å². The number of fused-ring (bicyclic) bond motifs is 9. The van der Waals surface area contributed by atoms with Gasteiger partial charge in [-0.05, 0) is 92.0 Å². The molecule has 0 radical (unpaired) electrons. The molecule has 0 spiro atoms. The Morgan fingerprint density at radius 1 is 0.361 bits per heavy atom. The number of aromatic nitrogens is 4. The molecule has 0 atom stereocenters. The molecule has 0 saturated heterocycles. The molecule has 2 heterocycles. The van der Waals surface area contributed by atoms with E-state index in [1.807, 2.05) is 36.4 Å². The summed E-state index contributed by atoms with van der Waals surface area (Å²) in [6.45, 7) is 9.44. The van der Waals surface area contributed by atoms with E-state index < -0.39 is 0 Å². The van der Waals surface area contributed by atoms with Gasteiger partial charge in [0.15, 0.2) is 17.5 Å². The van der Waals surface area contributed by atoms with Crippen molar-refractivity contribution in [3.8, 4) is 73.2 Å². The second-order valence-corrected chi connectivity index (χ2v) is 17.6. The zero-order valence-corrected chi connectivity index (χ0v) is 34.6. The minimum atomic E-state index is -0.268. The highest BCUT2D eigenvalue weighted by Gasteiger charge is 2.39. The van der Waals surface area contributed by atoms with E-state index in [9.17, 15) is 0 Å². The summed E-state index contributed by atoms with van der Waals surface area (Å²) in [7, 11) is 0. The molecule has 8 aromatic carbocycles. The van der Waals surface area contributed by atoms with Gasteiger partial charge in [-0.25, -0.2) is 15.0 Å². The standard InChI is InChI=1S/C57H42N4/c1-56(2)45-27-15-14-24-40(45)43-33-44-50(34-48(43)56)61(38-22-12-7-13-23-38)49-29-17-25-39(52(44)49)37-30-31-41-47(32-37)57(3,4)46-28-16-26-42(51(41)46)55-59-53(35-18-8-5-9-19-35)58-54(60-55)36-20-10-6-11-21-36/h5-34H,1-4H3. The van der Waals surface area contributed by atoms with E-state index in [1.54, 1.807) is 0 Å². The minimum absolute atomic E-state index is 0.103. The molecule has 0 fully saturated rings. The Kier molecular flexibility index (Phi) is 7.59. The maximum absolute atomic E-state index is 5.18. The molecule has 0 unspecified atom stereocenters. The summed E-state index contributed by atoms with van der Waals surface area (Å²) < 4.78 is 2.47. The molecule has 2 aliphatic carbocycles. The van der Waals surface area contributed by atoms with Crippen LogP contribution in [0.5, 0.6) is 0 Å². The zero-order chi connectivity index (χ0) is 41.0. The minimum Gasteiger partial charge on any atom is -0.309 e. The largest absolute Gasteiger partial charge is 0.309 e. The van der Waals surface area contributed by atoms with Gasteiger partial charge >= 0.3 is 0 Å². The summed E-state index contributed by atoms with van der Waals surface area (Å²) in [6.07, 6.45) is 0. The highest BCUT2D eigenvalue weighted by Crippen LogP contribution is 2.54. The van der Waals surface area contributed by atoms with E-state index >= 15 is 0 Å². The van der Waals surface area contributed by atoms with Crippen molar-refractivity contribution in [3.63, 3.8) is 0 Å². The molecule has 0 bridgehead atoms. The number of hydrogen-bond acceptors (Lipinski definition) is 3. The normalized spacial score (nSPS) is 14.2. The lowest BCUT2D eigenvalue weighted by Crippen LogP contribution is -2.15. The van der Waals surface area contributed by atoms with Gasteiger partial charge in [0.25, 0.3) is 0 Å². The number of rotatable bonds is 5. The van der Waals surface area contributed by atoms with Crippen LogP contribution in [0.2, 0.25) is 0 Å². The second kappa shape index (κ2) is 13.0. The van der Waals surface area contributed by atoms with Crippen LogP contribution in [0.25, 0.3) is 95.0 Å². The van der Waals surface area contributed by atoms with E-state index in [1.165, 1.54) is 77.4 Å². The molecule has 0 amide bonds. The summed E-state index contributed by atoms with van der Waals surface area (Å²) in [5.74, 6) is 2.00. The average molecular weight is 783 g/mol. The fourth-order valence-electron chi connectivity index (χ4n) is 10.4. The Bertz CT molecular complexity index is 3340. The lowest BCUT2D eigenvalue weighted by molar-refractivity contribution is 0.660. The average Bonchev–Trinajstić information content (AvgIpc) is 3.85. The zero-order valence-electron chi connectivity index (χ0n) is 34.6. The molecular weight excluding hydrogens is 741 g/mol. The van der Waals surface area contributed by atoms with E-state index in [0.29, 0.717) is 17.5 Å². The Morgan fingerprint density at radius 3 is 1.64 bits per heavy atom. The van der Waals surface area contributed by atoms with Crippen molar-refractivity contribution in [1.82, 2.24) is 19.5 Å². The van der Waals surface area contributed by atoms with Gasteiger partial charge in [-0.15, -0.1) is 0 Å². The highest BCUT2D eigenvalue weighted by atomic mass is 15.0. The van der Waals surface area contributed by atoms with Crippen molar-refractivity contribution in [2.75, 3.05) is 0 Å². The Morgan fingerprint density at radius 2 is 0.918 bits per heavy atom. The van der Waals surface area contributed by atoms with Gasteiger partial charge < -0.3 is 4.57 Å². The van der Waals surface area contributed by atoms with Crippen molar-refractivity contribution in [1.29, 1.82) is 0 Å². The smallest absolute Gasteiger partial charge is 0.164 e. The third-order valence-electron chi connectivity index (χ3n) is 13.5. The third-order valence-corrected chi connectivity index (χ3v) is 13.5. The maximum Gasteiger partial charge on any atom is 0.164 e. The quantitative estimate of drug-likeness (QED) is 0.175. The molecule has 12 rings (SSSR count). The first-order chi connectivity index (χ1) is 29.8. The van der Waals surface area contributed by atoms with Crippen molar-refractivity contribution >= 4 is 21.8 Å². The van der Waals surface area contributed by atoms with E-state index in [4.69, 9.17) is 15.0 Å². The van der Waals surface area contributed by atoms with Gasteiger partial charge in [0.1, 0.15) is 0 Å². The first-order valence-electron chi connectivity index (χ1n) is 21.2. The summed E-state index contributed by atoms with van der Waals surface area (Å²) in [4.78, 5) is 15.3. The molecule has 0 N–H and O–H groups in total. The molecule has 2 aliphatic rings. The van der Waals surface area contributed by atoms with Crippen LogP contribution < -0.4 is 0 Å². The summed E-state index contributed by atoms with van der Waals surface area (Å²) in [6, 6.07) is 65.7. The van der Waals surface area contributed by atoms with Crippen LogP contribution in [0.3, 0.4) is 0 Å². The van der Waals surface area contributed by atoms with Crippen LogP contribution in [0.15, 0.2) is 182 Å². The Hall–Kier alpha value is -7.43. The number of hydrogen-bond donors (Lipinski definition) is 0. The monoisotopic (exact) mass is 782 g/mol. The van der Waals surface area contributed by atoms with Crippen molar-refractivity contribution < 1.29 is 0 Å². The van der Waals surface area contributed by atoms with Crippen LogP contribution in [0, 0.1) is 0 Å². The third kappa shape index (κ3) is 5.21. The predicted molar refractivity (Wildman–Crippen MR) is 251 cm³/mol. The van der Waals surface area contributed by atoms with Gasteiger partial charge in [0.05, 0.1) is 11.0 Å². The maximum atomic E-state index is 5.18. The van der Waals surface area contributed by atoms with Crippen molar-refractivity contribution in [3.05, 3.63) is 204 Å². The van der Waals surface area contributed by atoms with Gasteiger partial charge in [0, 0.05) is 44.0 Å². The fourth-order valence-corrected chi connectivity index (χ4v) is 10.4. The summed E-state index contributed by atoms with van der Waals surface area (Å²) in [5, 5.41) is 2.54. The molecule has 4 heteroatoms. The van der Waals surface area contributed by atoms with Crippen LogP contribution in [-0.2, 0) is 10.8 Å². The van der Waals surface area contributed by atoms with Crippen molar-refractivity contribution in [2.45, 2.75) is 38.5 Å². The van der Waals surface area contributed by atoms with Crippen LogP contribution in [-0.4, -0.2) is 19.5 Å². The van der Waals surface area contributed by atoms with Gasteiger partial charge in [0.2, 0.25) is 0 Å². The molecule has 4 nitrogen and oxygen atoms in total. The molecule has 290 valence electrons. The lowest BCUT2D eigenvalue weighted by atomic mass is 9.81. The number of benzene rings is 8. The number of para-hydroxylation sites is 1. The molecule has 61 heavy (non-hydrogen) atoms. The molecule has 10 aromatic rings.